The molecule has 136 valence electrons. The van der Waals surface area contributed by atoms with E-state index in [9.17, 15) is 4.79 Å². The highest BCUT2D eigenvalue weighted by Gasteiger charge is 2.00. The molecule has 0 saturated heterocycles. The molecule has 0 aliphatic rings. The van der Waals surface area contributed by atoms with Crippen molar-refractivity contribution >= 4 is 5.97 Å². The summed E-state index contributed by atoms with van der Waals surface area (Å²) in [6, 6.07) is 0. The monoisotopic (exact) mass is 332 g/mol. The van der Waals surface area contributed by atoms with Crippen LogP contribution >= 0.6 is 0 Å². The molecule has 0 heterocycles. The fourth-order valence-corrected chi connectivity index (χ4v) is 2.03. The molecule has 0 aromatic rings. The Balaban J connectivity index is 3.41. The second-order valence-corrected chi connectivity index (χ2v) is 5.82. The fraction of sp³-hybridized carbons (Fsp3) is 0.591. The third-order valence-corrected chi connectivity index (χ3v) is 3.48. The van der Waals surface area contributed by atoms with E-state index in [0.29, 0.717) is 13.0 Å². The van der Waals surface area contributed by atoms with Crippen LogP contribution in [0.15, 0.2) is 48.6 Å². The lowest BCUT2D eigenvalue weighted by molar-refractivity contribution is -0.143. The third-order valence-electron chi connectivity index (χ3n) is 3.48. The van der Waals surface area contributed by atoms with Crippen LogP contribution < -0.4 is 0 Å². The SMILES string of the molecule is CC/C=C\C/C=C\C/C=C\C/C=C\CCCCC(=O)OCCCC. The molecule has 0 aliphatic heterocycles. The van der Waals surface area contributed by atoms with E-state index in [1.807, 2.05) is 0 Å². The van der Waals surface area contributed by atoms with Crippen LogP contribution in [0.1, 0.15) is 78.1 Å². The van der Waals surface area contributed by atoms with Crippen molar-refractivity contribution in [1.82, 2.24) is 0 Å². The van der Waals surface area contributed by atoms with Gasteiger partial charge in [-0.05, 0) is 51.4 Å². The molecule has 0 atom stereocenters. The van der Waals surface area contributed by atoms with Gasteiger partial charge in [0.15, 0.2) is 0 Å². The van der Waals surface area contributed by atoms with Gasteiger partial charge in [-0.3, -0.25) is 4.79 Å². The van der Waals surface area contributed by atoms with Crippen LogP contribution in [0.5, 0.6) is 0 Å². The number of allylic oxidation sites excluding steroid dienone is 8. The minimum absolute atomic E-state index is 0.0476. The topological polar surface area (TPSA) is 26.3 Å². The maximum atomic E-state index is 11.4. The van der Waals surface area contributed by atoms with Crippen molar-refractivity contribution in [2.45, 2.75) is 78.1 Å². The second kappa shape index (κ2) is 19.5. The Hall–Kier alpha value is -1.57. The van der Waals surface area contributed by atoms with Gasteiger partial charge in [0.05, 0.1) is 6.61 Å². The van der Waals surface area contributed by atoms with Crippen LogP contribution in [-0.4, -0.2) is 12.6 Å². The van der Waals surface area contributed by atoms with Crippen LogP contribution in [-0.2, 0) is 9.53 Å². The molecule has 2 nitrogen and oxygen atoms in total. The number of ether oxygens (including phenoxy) is 1. The van der Waals surface area contributed by atoms with Gasteiger partial charge in [0, 0.05) is 6.42 Å². The number of unbranched alkanes of at least 4 members (excludes halogenated alkanes) is 3. The Morgan fingerprint density at radius 1 is 0.750 bits per heavy atom. The van der Waals surface area contributed by atoms with Crippen LogP contribution in [0.4, 0.5) is 0 Å². The van der Waals surface area contributed by atoms with E-state index in [0.717, 1.165) is 57.8 Å². The number of hydrogen-bond acceptors (Lipinski definition) is 2. The fourth-order valence-electron chi connectivity index (χ4n) is 2.03. The first kappa shape index (κ1) is 22.4. The molecule has 0 bridgehead atoms. The predicted octanol–water partition coefficient (Wildman–Crippen LogP) is 6.70. The molecular weight excluding hydrogens is 296 g/mol. The zero-order valence-corrected chi connectivity index (χ0v) is 15.7. The summed E-state index contributed by atoms with van der Waals surface area (Å²) in [7, 11) is 0. The molecule has 0 unspecified atom stereocenters. The summed E-state index contributed by atoms with van der Waals surface area (Å²) in [5.41, 5.74) is 0. The molecule has 24 heavy (non-hydrogen) atoms. The van der Waals surface area contributed by atoms with E-state index in [1.54, 1.807) is 0 Å². The standard InChI is InChI=1S/C22H36O2/c1-3-5-7-8-9-10-11-12-13-14-15-16-17-18-19-20-22(23)24-21-6-4-2/h5,7,9-10,12-13,15-16H,3-4,6,8,11,14,17-21H2,1-2H3/b7-5-,10-9-,13-12-,16-15-. The molecule has 0 spiro atoms. The number of carbonyl (C=O) groups is 1. The van der Waals surface area contributed by atoms with E-state index in [4.69, 9.17) is 4.74 Å². The molecule has 0 aromatic heterocycles. The molecular formula is C22H36O2. The summed E-state index contributed by atoms with van der Waals surface area (Å²) in [5.74, 6) is -0.0476. The van der Waals surface area contributed by atoms with Crippen molar-refractivity contribution < 1.29 is 9.53 Å². The highest BCUT2D eigenvalue weighted by molar-refractivity contribution is 5.69. The predicted molar refractivity (Wildman–Crippen MR) is 105 cm³/mol. The largest absolute Gasteiger partial charge is 0.466 e. The van der Waals surface area contributed by atoms with Crippen LogP contribution in [0.25, 0.3) is 0 Å². The van der Waals surface area contributed by atoms with Crippen molar-refractivity contribution in [1.29, 1.82) is 0 Å². The first-order valence-corrected chi connectivity index (χ1v) is 9.56. The van der Waals surface area contributed by atoms with Gasteiger partial charge in [0.1, 0.15) is 0 Å². The molecule has 0 fully saturated rings. The lowest BCUT2D eigenvalue weighted by Gasteiger charge is -2.02. The molecule has 2 heteroatoms. The molecule has 0 aliphatic carbocycles. The summed E-state index contributed by atoms with van der Waals surface area (Å²) in [6.45, 7) is 4.82. The van der Waals surface area contributed by atoms with Crippen LogP contribution in [0, 0.1) is 0 Å². The Morgan fingerprint density at radius 3 is 1.92 bits per heavy atom. The van der Waals surface area contributed by atoms with Gasteiger partial charge in [-0.15, -0.1) is 0 Å². The quantitative estimate of drug-likeness (QED) is 0.189. The van der Waals surface area contributed by atoms with Crippen molar-refractivity contribution in [2.75, 3.05) is 6.61 Å². The van der Waals surface area contributed by atoms with Crippen molar-refractivity contribution in [3.63, 3.8) is 0 Å². The van der Waals surface area contributed by atoms with Gasteiger partial charge in [0.25, 0.3) is 0 Å². The third kappa shape index (κ3) is 18.5. The van der Waals surface area contributed by atoms with Gasteiger partial charge in [-0.1, -0.05) is 68.9 Å². The Morgan fingerprint density at radius 2 is 1.33 bits per heavy atom. The number of carbonyl (C=O) groups excluding carboxylic acids is 1. The summed E-state index contributed by atoms with van der Waals surface area (Å²) >= 11 is 0. The average Bonchev–Trinajstić information content (AvgIpc) is 2.58. The van der Waals surface area contributed by atoms with Crippen LogP contribution in [0.3, 0.4) is 0 Å². The van der Waals surface area contributed by atoms with Gasteiger partial charge in [-0.25, -0.2) is 0 Å². The Bertz CT molecular complexity index is 389. The highest BCUT2D eigenvalue weighted by Crippen LogP contribution is 2.04. The highest BCUT2D eigenvalue weighted by atomic mass is 16.5. The smallest absolute Gasteiger partial charge is 0.305 e. The number of rotatable bonds is 15. The zero-order chi connectivity index (χ0) is 17.7. The maximum Gasteiger partial charge on any atom is 0.305 e. The minimum Gasteiger partial charge on any atom is -0.466 e. The second-order valence-electron chi connectivity index (χ2n) is 5.82. The first-order chi connectivity index (χ1) is 11.8. The minimum atomic E-state index is -0.0476. The maximum absolute atomic E-state index is 11.4. The normalized spacial score (nSPS) is 12.2. The van der Waals surface area contributed by atoms with E-state index >= 15 is 0 Å². The summed E-state index contributed by atoms with van der Waals surface area (Å²) < 4.78 is 5.13. The zero-order valence-electron chi connectivity index (χ0n) is 15.7. The van der Waals surface area contributed by atoms with Crippen molar-refractivity contribution in [2.24, 2.45) is 0 Å². The van der Waals surface area contributed by atoms with Gasteiger partial charge in [-0.2, -0.15) is 0 Å². The Kier molecular flexibility index (Phi) is 18.2. The molecule has 0 saturated carbocycles. The average molecular weight is 333 g/mol. The van der Waals surface area contributed by atoms with E-state index in [1.165, 1.54) is 0 Å². The molecule has 0 N–H and O–H groups in total. The molecule has 0 amide bonds. The van der Waals surface area contributed by atoms with Gasteiger partial charge < -0.3 is 4.74 Å². The number of hydrogen-bond donors (Lipinski definition) is 0. The van der Waals surface area contributed by atoms with Gasteiger partial charge in [0.2, 0.25) is 0 Å². The van der Waals surface area contributed by atoms with E-state index in [-0.39, 0.29) is 5.97 Å². The van der Waals surface area contributed by atoms with Crippen LogP contribution in [0.2, 0.25) is 0 Å². The summed E-state index contributed by atoms with van der Waals surface area (Å²) in [5, 5.41) is 0. The van der Waals surface area contributed by atoms with Crippen molar-refractivity contribution in [3.05, 3.63) is 48.6 Å². The first-order valence-electron chi connectivity index (χ1n) is 9.56. The molecule has 0 aromatic carbocycles. The molecule has 0 radical (unpaired) electrons. The van der Waals surface area contributed by atoms with E-state index in [2.05, 4.69) is 62.5 Å². The van der Waals surface area contributed by atoms with E-state index < -0.39 is 0 Å². The summed E-state index contributed by atoms with van der Waals surface area (Å²) in [4.78, 5) is 11.4. The summed E-state index contributed by atoms with van der Waals surface area (Å²) in [6.07, 6.45) is 27.4. The molecule has 0 rings (SSSR count). The Labute approximate surface area is 149 Å². The van der Waals surface area contributed by atoms with Crippen molar-refractivity contribution in [3.8, 4) is 0 Å². The lowest BCUT2D eigenvalue weighted by Crippen LogP contribution is -2.05. The number of esters is 1. The van der Waals surface area contributed by atoms with Gasteiger partial charge >= 0.3 is 5.97 Å². The lowest BCUT2D eigenvalue weighted by atomic mass is 10.2.